The highest BCUT2D eigenvalue weighted by atomic mass is 19.4. The van der Waals surface area contributed by atoms with Gasteiger partial charge in [-0.05, 0) is 24.9 Å². The van der Waals surface area contributed by atoms with E-state index in [0.717, 1.165) is 18.4 Å². The number of alkyl halides is 6. The van der Waals surface area contributed by atoms with Crippen molar-refractivity contribution in [3.63, 3.8) is 0 Å². The van der Waals surface area contributed by atoms with Gasteiger partial charge in [0.2, 0.25) is 0 Å². The topological polar surface area (TPSA) is 153 Å². The molecule has 0 spiro atoms. The van der Waals surface area contributed by atoms with Gasteiger partial charge in [-0.3, -0.25) is 4.79 Å². The smallest absolute Gasteiger partial charge is 0.475 e. The van der Waals surface area contributed by atoms with Crippen molar-refractivity contribution in [2.45, 2.75) is 44.3 Å². The van der Waals surface area contributed by atoms with Crippen LogP contribution in [0.4, 0.5) is 26.3 Å². The number of carboxylic acid groups (broad SMARTS) is 2. The van der Waals surface area contributed by atoms with Gasteiger partial charge in [-0.15, -0.1) is 0 Å². The molecule has 0 amide bonds. The molecule has 31 heavy (non-hydrogen) atoms. The molecule has 0 aliphatic heterocycles. The molecule has 0 heterocycles. The summed E-state index contributed by atoms with van der Waals surface area (Å²) in [6.45, 7) is 0.913. The molecule has 0 saturated carbocycles. The maximum Gasteiger partial charge on any atom is 0.490 e. The summed E-state index contributed by atoms with van der Waals surface area (Å²) in [4.78, 5) is 29.3. The number of carboxylic acids is 2. The number of hydrogen-bond donors (Lipinski definition) is 4. The van der Waals surface area contributed by atoms with Crippen molar-refractivity contribution in [2.24, 2.45) is 11.5 Å². The zero-order valence-electron chi connectivity index (χ0n) is 15.9. The lowest BCUT2D eigenvalue weighted by Gasteiger charge is -2.11. The van der Waals surface area contributed by atoms with E-state index in [4.69, 9.17) is 36.0 Å². The number of rotatable bonds is 7. The van der Waals surface area contributed by atoms with Crippen LogP contribution in [0.3, 0.4) is 0 Å². The van der Waals surface area contributed by atoms with Gasteiger partial charge in [0, 0.05) is 0 Å². The molecule has 0 aliphatic rings. The number of esters is 1. The Kier molecular flexibility index (Phi) is 14.7. The summed E-state index contributed by atoms with van der Waals surface area (Å²) in [5.41, 5.74) is 12.0. The molecule has 0 bridgehead atoms. The number of ether oxygens (including phenoxy) is 1. The SMILES string of the molecule is NCCCCC(N)C(=O)OCc1ccccc1.O=C(O)C(F)(F)F.O=C(O)C(F)(F)F. The fourth-order valence-corrected chi connectivity index (χ4v) is 1.46. The lowest BCUT2D eigenvalue weighted by molar-refractivity contribution is -0.193. The van der Waals surface area contributed by atoms with Crippen LogP contribution in [0.5, 0.6) is 0 Å². The van der Waals surface area contributed by atoms with E-state index in [-0.39, 0.29) is 12.6 Å². The lowest BCUT2D eigenvalue weighted by atomic mass is 10.1. The molecule has 0 aromatic heterocycles. The van der Waals surface area contributed by atoms with Gasteiger partial charge in [-0.1, -0.05) is 36.8 Å². The van der Waals surface area contributed by atoms with Gasteiger partial charge in [-0.25, -0.2) is 9.59 Å². The van der Waals surface area contributed by atoms with Crippen molar-refractivity contribution in [3.8, 4) is 0 Å². The molecule has 0 saturated heterocycles. The number of benzene rings is 1. The average molecular weight is 464 g/mol. The molecule has 1 atom stereocenters. The fourth-order valence-electron chi connectivity index (χ4n) is 1.46. The second-order valence-corrected chi connectivity index (χ2v) is 5.59. The van der Waals surface area contributed by atoms with Crippen molar-refractivity contribution >= 4 is 17.9 Å². The highest BCUT2D eigenvalue weighted by Crippen LogP contribution is 2.13. The Hall–Kier alpha value is -2.87. The maximum absolute atomic E-state index is 11.5. The Morgan fingerprint density at radius 3 is 1.68 bits per heavy atom. The minimum absolute atomic E-state index is 0.282. The molecule has 1 aromatic rings. The summed E-state index contributed by atoms with van der Waals surface area (Å²) < 4.78 is 68.6. The van der Waals surface area contributed by atoms with Crippen LogP contribution in [0.2, 0.25) is 0 Å². The molecule has 6 N–H and O–H groups in total. The van der Waals surface area contributed by atoms with Gasteiger partial charge in [0.1, 0.15) is 12.6 Å². The molecule has 1 rings (SSSR count). The molecule has 178 valence electrons. The first-order valence-corrected chi connectivity index (χ1v) is 8.39. The van der Waals surface area contributed by atoms with E-state index in [1.165, 1.54) is 0 Å². The number of carbonyl (C=O) groups excluding carboxylic acids is 1. The van der Waals surface area contributed by atoms with Crippen molar-refractivity contribution in [3.05, 3.63) is 35.9 Å². The summed E-state index contributed by atoms with van der Waals surface area (Å²) >= 11 is 0. The highest BCUT2D eigenvalue weighted by Gasteiger charge is 2.38. The van der Waals surface area contributed by atoms with Gasteiger partial charge in [-0.2, -0.15) is 26.3 Å². The van der Waals surface area contributed by atoms with E-state index >= 15 is 0 Å². The minimum Gasteiger partial charge on any atom is -0.475 e. The third kappa shape index (κ3) is 17.7. The molecule has 1 aromatic carbocycles. The van der Waals surface area contributed by atoms with Gasteiger partial charge < -0.3 is 26.4 Å². The number of hydrogen-bond acceptors (Lipinski definition) is 6. The zero-order chi connectivity index (χ0) is 24.7. The van der Waals surface area contributed by atoms with Crippen LogP contribution < -0.4 is 11.5 Å². The standard InChI is InChI=1S/C13H20N2O2.2C2HF3O2/c14-9-5-4-8-12(15)13(16)17-10-11-6-2-1-3-7-11;2*3-2(4,5)1(6)7/h1-3,6-7,12H,4-5,8-10,14-15H2;2*(H,6,7). The quantitative estimate of drug-likeness (QED) is 0.273. The second-order valence-electron chi connectivity index (χ2n) is 5.59. The summed E-state index contributed by atoms with van der Waals surface area (Å²) in [5.74, 6) is -5.86. The van der Waals surface area contributed by atoms with Crippen LogP contribution in [0.25, 0.3) is 0 Å². The van der Waals surface area contributed by atoms with E-state index in [2.05, 4.69) is 0 Å². The van der Waals surface area contributed by atoms with Crippen LogP contribution in [0.1, 0.15) is 24.8 Å². The summed E-state index contributed by atoms with van der Waals surface area (Å²) in [7, 11) is 0. The molecule has 0 fully saturated rings. The first-order valence-electron chi connectivity index (χ1n) is 8.39. The van der Waals surface area contributed by atoms with E-state index in [0.29, 0.717) is 13.0 Å². The van der Waals surface area contributed by atoms with Crippen LogP contribution >= 0.6 is 0 Å². The summed E-state index contributed by atoms with van der Waals surface area (Å²) in [6, 6.07) is 9.02. The van der Waals surface area contributed by atoms with Crippen LogP contribution in [-0.4, -0.2) is 53.1 Å². The van der Waals surface area contributed by atoms with Crippen LogP contribution in [0, 0.1) is 0 Å². The van der Waals surface area contributed by atoms with Gasteiger partial charge in [0.15, 0.2) is 0 Å². The van der Waals surface area contributed by atoms with E-state index < -0.39 is 30.3 Å². The van der Waals surface area contributed by atoms with Crippen LogP contribution in [0.15, 0.2) is 30.3 Å². The van der Waals surface area contributed by atoms with Gasteiger partial charge >= 0.3 is 30.3 Å². The first-order chi connectivity index (χ1) is 14.1. The predicted molar refractivity (Wildman–Crippen MR) is 94.5 cm³/mol. The van der Waals surface area contributed by atoms with E-state index in [1.54, 1.807) is 0 Å². The van der Waals surface area contributed by atoms with E-state index in [9.17, 15) is 31.1 Å². The number of nitrogens with two attached hydrogens (primary N) is 2. The van der Waals surface area contributed by atoms with Gasteiger partial charge in [0.25, 0.3) is 0 Å². The number of aliphatic carboxylic acids is 2. The Morgan fingerprint density at radius 2 is 1.32 bits per heavy atom. The normalized spacial score (nSPS) is 11.7. The summed E-state index contributed by atoms with van der Waals surface area (Å²) in [6.07, 6.45) is -7.79. The van der Waals surface area contributed by atoms with Crippen molar-refractivity contribution in [2.75, 3.05) is 6.54 Å². The molecule has 0 aliphatic carbocycles. The molecule has 14 heteroatoms. The van der Waals surface area contributed by atoms with Crippen molar-refractivity contribution < 1.29 is 55.7 Å². The average Bonchev–Trinajstić information content (AvgIpc) is 2.66. The Balaban J connectivity index is 0. The molecular weight excluding hydrogens is 442 g/mol. The molecule has 0 radical (unpaired) electrons. The van der Waals surface area contributed by atoms with Gasteiger partial charge in [0.05, 0.1) is 0 Å². The van der Waals surface area contributed by atoms with Crippen molar-refractivity contribution in [1.29, 1.82) is 0 Å². The maximum atomic E-state index is 11.5. The fraction of sp³-hybridized carbons (Fsp3) is 0.471. The Bertz CT molecular complexity index is 643. The molecule has 8 nitrogen and oxygen atoms in total. The highest BCUT2D eigenvalue weighted by molar-refractivity contribution is 5.75. The van der Waals surface area contributed by atoms with Crippen LogP contribution in [-0.2, 0) is 25.7 Å². The Morgan fingerprint density at radius 1 is 0.903 bits per heavy atom. The summed E-state index contributed by atoms with van der Waals surface area (Å²) in [5, 5.41) is 14.2. The van der Waals surface area contributed by atoms with E-state index in [1.807, 2.05) is 30.3 Å². The lowest BCUT2D eigenvalue weighted by Crippen LogP contribution is -2.32. The first kappa shape index (κ1) is 30.3. The largest absolute Gasteiger partial charge is 0.490 e. The molecular formula is C17H22F6N2O6. The number of halogens is 6. The zero-order valence-corrected chi connectivity index (χ0v) is 15.9. The second kappa shape index (κ2) is 15.0. The minimum atomic E-state index is -5.08. The number of carbonyl (C=O) groups is 3. The number of unbranched alkanes of at least 4 members (excludes halogenated alkanes) is 1. The predicted octanol–water partition coefficient (Wildman–Crippen LogP) is 2.45. The molecule has 1 unspecified atom stereocenters. The third-order valence-corrected chi connectivity index (χ3v) is 2.98. The monoisotopic (exact) mass is 464 g/mol. The Labute approximate surface area is 172 Å². The van der Waals surface area contributed by atoms with Crippen molar-refractivity contribution in [1.82, 2.24) is 0 Å². The third-order valence-electron chi connectivity index (χ3n) is 2.98.